The minimum atomic E-state index is -4.44. The minimum Gasteiger partial charge on any atom is -0.324 e. The van der Waals surface area contributed by atoms with Crippen molar-refractivity contribution in [3.63, 3.8) is 0 Å². The first-order valence-corrected chi connectivity index (χ1v) is 6.13. The largest absolute Gasteiger partial charge is 0.416 e. The molecule has 0 amide bonds. The molecule has 1 atom stereocenters. The number of rotatable bonds is 3. The lowest BCUT2D eigenvalue weighted by atomic mass is 9.98. The van der Waals surface area contributed by atoms with Gasteiger partial charge >= 0.3 is 6.18 Å². The molecule has 0 radical (unpaired) electrons. The molecule has 0 spiro atoms. The zero-order chi connectivity index (χ0) is 15.6. The fraction of sp³-hybridized carbons (Fsp3) is 0.200. The van der Waals surface area contributed by atoms with Gasteiger partial charge in [0.15, 0.2) is 0 Å². The zero-order valence-corrected chi connectivity index (χ0v) is 10.8. The summed E-state index contributed by atoms with van der Waals surface area (Å²) >= 11 is 0. The first-order chi connectivity index (χ1) is 9.75. The lowest BCUT2D eigenvalue weighted by Gasteiger charge is -2.14. The summed E-state index contributed by atoms with van der Waals surface area (Å²) in [5.41, 5.74) is 5.58. The Labute approximate surface area is 118 Å². The molecule has 2 rings (SSSR count). The lowest BCUT2D eigenvalue weighted by molar-refractivity contribution is -0.137. The second-order valence-electron chi connectivity index (χ2n) is 4.71. The third-order valence-corrected chi connectivity index (χ3v) is 3.02. The van der Waals surface area contributed by atoms with Crippen molar-refractivity contribution in [3.8, 4) is 0 Å². The number of benzene rings is 2. The van der Waals surface area contributed by atoms with Crippen LogP contribution in [0.2, 0.25) is 0 Å². The highest BCUT2D eigenvalue weighted by molar-refractivity contribution is 5.29. The molecule has 2 aromatic carbocycles. The topological polar surface area (TPSA) is 26.0 Å². The summed E-state index contributed by atoms with van der Waals surface area (Å²) in [7, 11) is 0. The van der Waals surface area contributed by atoms with E-state index in [1.54, 1.807) is 0 Å². The molecule has 21 heavy (non-hydrogen) atoms. The molecule has 6 heteroatoms. The monoisotopic (exact) mass is 301 g/mol. The van der Waals surface area contributed by atoms with Crippen LogP contribution < -0.4 is 5.73 Å². The summed E-state index contributed by atoms with van der Waals surface area (Å²) in [5, 5.41) is 0. The summed E-state index contributed by atoms with van der Waals surface area (Å²) in [6, 6.07) is 6.76. The molecule has 0 aliphatic carbocycles. The van der Waals surface area contributed by atoms with Gasteiger partial charge in [-0.05, 0) is 35.7 Å². The van der Waals surface area contributed by atoms with E-state index in [1.165, 1.54) is 12.1 Å². The summed E-state index contributed by atoms with van der Waals surface area (Å²) < 4.78 is 64.0. The van der Waals surface area contributed by atoms with Crippen LogP contribution in [0.15, 0.2) is 42.5 Å². The Bertz CT molecular complexity index is 616. The minimum absolute atomic E-state index is 0.0484. The van der Waals surface area contributed by atoms with Gasteiger partial charge in [-0.15, -0.1) is 0 Å². The maximum absolute atomic E-state index is 13.1. The van der Waals surface area contributed by atoms with Crippen molar-refractivity contribution in [1.82, 2.24) is 0 Å². The average Bonchev–Trinajstić information content (AvgIpc) is 2.37. The van der Waals surface area contributed by atoms with E-state index < -0.39 is 29.4 Å². The van der Waals surface area contributed by atoms with Gasteiger partial charge in [-0.3, -0.25) is 0 Å². The van der Waals surface area contributed by atoms with Gasteiger partial charge < -0.3 is 5.73 Å². The number of hydrogen-bond acceptors (Lipinski definition) is 1. The van der Waals surface area contributed by atoms with E-state index in [0.29, 0.717) is 11.6 Å². The van der Waals surface area contributed by atoms with Crippen LogP contribution in [0.1, 0.15) is 22.7 Å². The molecule has 1 unspecified atom stereocenters. The molecule has 0 aromatic heterocycles. The van der Waals surface area contributed by atoms with E-state index in [9.17, 15) is 22.0 Å². The summed E-state index contributed by atoms with van der Waals surface area (Å²) in [5.74, 6) is -1.55. The molecule has 1 nitrogen and oxygen atoms in total. The Hall–Kier alpha value is -1.95. The Morgan fingerprint density at radius 3 is 2.14 bits per heavy atom. The van der Waals surface area contributed by atoms with Gasteiger partial charge in [0, 0.05) is 12.1 Å². The quantitative estimate of drug-likeness (QED) is 0.844. The molecule has 0 saturated heterocycles. The average molecular weight is 301 g/mol. The molecule has 0 saturated carbocycles. The van der Waals surface area contributed by atoms with Gasteiger partial charge in [-0.1, -0.05) is 18.2 Å². The van der Waals surface area contributed by atoms with Crippen molar-refractivity contribution < 1.29 is 22.0 Å². The van der Waals surface area contributed by atoms with Crippen LogP contribution >= 0.6 is 0 Å². The predicted molar refractivity (Wildman–Crippen MR) is 68.4 cm³/mol. The SMILES string of the molecule is NC(Cc1cccc(C(F)(F)F)c1)c1cc(F)cc(F)c1. The second kappa shape index (κ2) is 5.81. The summed E-state index contributed by atoms with van der Waals surface area (Å²) in [6.45, 7) is 0. The normalized spacial score (nSPS) is 13.2. The van der Waals surface area contributed by atoms with Crippen molar-refractivity contribution in [3.05, 3.63) is 70.8 Å². The molecule has 0 aliphatic rings. The molecular formula is C15H12F5N. The highest BCUT2D eigenvalue weighted by Crippen LogP contribution is 2.30. The Balaban J connectivity index is 2.21. The molecule has 112 valence electrons. The zero-order valence-electron chi connectivity index (χ0n) is 10.8. The molecule has 0 heterocycles. The number of hydrogen-bond donors (Lipinski definition) is 1. The van der Waals surface area contributed by atoms with Crippen molar-refractivity contribution in [2.45, 2.75) is 18.6 Å². The maximum atomic E-state index is 13.1. The first kappa shape index (κ1) is 15.4. The van der Waals surface area contributed by atoms with Crippen LogP contribution in [0.25, 0.3) is 0 Å². The smallest absolute Gasteiger partial charge is 0.324 e. The van der Waals surface area contributed by atoms with E-state index in [2.05, 4.69) is 0 Å². The highest BCUT2D eigenvalue weighted by atomic mass is 19.4. The second-order valence-corrected chi connectivity index (χ2v) is 4.71. The van der Waals surface area contributed by atoms with Gasteiger partial charge in [0.1, 0.15) is 11.6 Å². The third kappa shape index (κ3) is 4.01. The molecule has 0 aliphatic heterocycles. The van der Waals surface area contributed by atoms with Crippen molar-refractivity contribution >= 4 is 0 Å². The van der Waals surface area contributed by atoms with Crippen LogP contribution in [-0.4, -0.2) is 0 Å². The fourth-order valence-electron chi connectivity index (χ4n) is 2.04. The number of nitrogens with two attached hydrogens (primary N) is 1. The van der Waals surface area contributed by atoms with Crippen LogP contribution in [0.3, 0.4) is 0 Å². The summed E-state index contributed by atoms with van der Waals surface area (Å²) in [4.78, 5) is 0. The Morgan fingerprint density at radius 1 is 0.952 bits per heavy atom. The van der Waals surface area contributed by atoms with Crippen LogP contribution in [-0.2, 0) is 12.6 Å². The first-order valence-electron chi connectivity index (χ1n) is 6.13. The summed E-state index contributed by atoms with van der Waals surface area (Å²) in [6.07, 6.45) is -4.39. The van der Waals surface area contributed by atoms with E-state index in [-0.39, 0.29) is 12.0 Å². The molecule has 0 fully saturated rings. The van der Waals surface area contributed by atoms with E-state index in [1.807, 2.05) is 0 Å². The molecule has 0 bridgehead atoms. The number of halogens is 5. The molecular weight excluding hydrogens is 289 g/mol. The fourth-order valence-corrected chi connectivity index (χ4v) is 2.04. The maximum Gasteiger partial charge on any atom is 0.416 e. The van der Waals surface area contributed by atoms with E-state index >= 15 is 0 Å². The van der Waals surface area contributed by atoms with Gasteiger partial charge in [-0.2, -0.15) is 13.2 Å². The van der Waals surface area contributed by atoms with E-state index in [4.69, 9.17) is 5.73 Å². The van der Waals surface area contributed by atoms with Crippen LogP contribution in [0.4, 0.5) is 22.0 Å². The van der Waals surface area contributed by atoms with Gasteiger partial charge in [0.2, 0.25) is 0 Å². The Kier molecular flexibility index (Phi) is 4.27. The highest BCUT2D eigenvalue weighted by Gasteiger charge is 2.30. The third-order valence-electron chi connectivity index (χ3n) is 3.02. The number of alkyl halides is 3. The standard InChI is InChI=1S/C15H12F5N/c16-12-6-10(7-13(17)8-12)14(21)5-9-2-1-3-11(4-9)15(18,19)20/h1-4,6-8,14H,5,21H2. The van der Waals surface area contributed by atoms with E-state index in [0.717, 1.165) is 24.3 Å². The van der Waals surface area contributed by atoms with Crippen molar-refractivity contribution in [1.29, 1.82) is 0 Å². The van der Waals surface area contributed by atoms with Crippen LogP contribution in [0, 0.1) is 11.6 Å². The van der Waals surface area contributed by atoms with Gasteiger partial charge in [0.25, 0.3) is 0 Å². The van der Waals surface area contributed by atoms with Gasteiger partial charge in [-0.25, -0.2) is 8.78 Å². The lowest BCUT2D eigenvalue weighted by Crippen LogP contribution is -2.14. The Morgan fingerprint density at radius 2 is 1.57 bits per heavy atom. The molecule has 2 aromatic rings. The molecule has 2 N–H and O–H groups in total. The van der Waals surface area contributed by atoms with Crippen LogP contribution in [0.5, 0.6) is 0 Å². The van der Waals surface area contributed by atoms with Crippen molar-refractivity contribution in [2.24, 2.45) is 5.73 Å². The predicted octanol–water partition coefficient (Wildman–Crippen LogP) is 4.23. The van der Waals surface area contributed by atoms with Gasteiger partial charge in [0.05, 0.1) is 5.56 Å². The van der Waals surface area contributed by atoms with Crippen molar-refractivity contribution in [2.75, 3.05) is 0 Å².